The van der Waals surface area contributed by atoms with Gasteiger partial charge in [0.1, 0.15) is 0 Å². The minimum absolute atomic E-state index is 0.0529. The van der Waals surface area contributed by atoms with Gasteiger partial charge in [-0.15, -0.1) is 0 Å². The maximum absolute atomic E-state index is 13.8. The van der Waals surface area contributed by atoms with E-state index in [0.717, 1.165) is 49.4 Å². The van der Waals surface area contributed by atoms with Gasteiger partial charge in [0.05, 0.1) is 34.1 Å². The van der Waals surface area contributed by atoms with Crippen LogP contribution in [0.2, 0.25) is 5.02 Å². The summed E-state index contributed by atoms with van der Waals surface area (Å²) in [5.41, 5.74) is -0.200. The Bertz CT molecular complexity index is 2070. The van der Waals surface area contributed by atoms with Crippen LogP contribution in [-0.2, 0) is 25.2 Å². The van der Waals surface area contributed by atoms with Gasteiger partial charge >= 0.3 is 17.9 Å². The van der Waals surface area contributed by atoms with E-state index in [9.17, 15) is 33.5 Å². The van der Waals surface area contributed by atoms with Crippen LogP contribution in [0.5, 0.6) is 0 Å². The zero-order chi connectivity index (χ0) is 41.2. The van der Waals surface area contributed by atoms with E-state index in [-0.39, 0.29) is 17.5 Å². The molecular formula is C40H44ClN3O11S. The summed E-state index contributed by atoms with van der Waals surface area (Å²) in [6.07, 6.45) is 2.32. The molecule has 14 nitrogen and oxygen atoms in total. The van der Waals surface area contributed by atoms with Crippen molar-refractivity contribution in [2.24, 2.45) is 0 Å². The Morgan fingerprint density at radius 1 is 0.946 bits per heavy atom. The summed E-state index contributed by atoms with van der Waals surface area (Å²) in [5, 5.41) is 47.4. The number of benzene rings is 4. The number of likely N-dealkylation sites (N-methyl/N-ethyl adjacent to an activating group) is 1. The van der Waals surface area contributed by atoms with Gasteiger partial charge in [-0.1, -0.05) is 66.2 Å². The first-order valence-electron chi connectivity index (χ1n) is 17.7. The summed E-state index contributed by atoms with van der Waals surface area (Å²) in [7, 11) is 0.756. The van der Waals surface area contributed by atoms with Crippen molar-refractivity contribution < 1.29 is 48.7 Å². The van der Waals surface area contributed by atoms with Crippen LogP contribution in [0.1, 0.15) is 65.4 Å². The molecule has 4 N–H and O–H groups in total. The number of nitro benzene ring substituents is 1. The number of nitrogens with zero attached hydrogens (tertiary/aromatic N) is 3. The molecule has 1 amide bonds. The van der Waals surface area contributed by atoms with Crippen LogP contribution in [0, 0.1) is 10.1 Å². The second-order valence-electron chi connectivity index (χ2n) is 13.8. The number of amides is 1. The van der Waals surface area contributed by atoms with Gasteiger partial charge in [0.2, 0.25) is 0 Å². The molecule has 4 aromatic rings. The molecule has 1 saturated heterocycles. The van der Waals surface area contributed by atoms with Crippen LogP contribution in [0.25, 0.3) is 10.8 Å². The molecule has 56 heavy (non-hydrogen) atoms. The van der Waals surface area contributed by atoms with Gasteiger partial charge in [0.25, 0.3) is 11.6 Å². The topological polar surface area (TPSA) is 216 Å². The molecule has 0 bridgehead atoms. The number of halogens is 1. The maximum atomic E-state index is 13.8. The zero-order valence-corrected chi connectivity index (χ0v) is 32.4. The van der Waals surface area contributed by atoms with Gasteiger partial charge in [0.15, 0.2) is 5.60 Å². The first-order chi connectivity index (χ1) is 26.5. The molecule has 0 aromatic heterocycles. The number of aliphatic hydroxyl groups is 1. The lowest BCUT2D eigenvalue weighted by molar-refractivity contribution is -0.384. The van der Waals surface area contributed by atoms with Gasteiger partial charge in [-0.3, -0.25) is 28.7 Å². The molecule has 0 spiro atoms. The normalized spacial score (nSPS) is 14.6. The molecule has 4 aromatic carbocycles. The predicted molar refractivity (Wildman–Crippen MR) is 211 cm³/mol. The van der Waals surface area contributed by atoms with Crippen molar-refractivity contribution >= 4 is 62.7 Å². The Morgan fingerprint density at radius 2 is 1.54 bits per heavy atom. The van der Waals surface area contributed by atoms with E-state index in [0.29, 0.717) is 33.8 Å². The summed E-state index contributed by atoms with van der Waals surface area (Å²) in [6, 6.07) is 26.0. The summed E-state index contributed by atoms with van der Waals surface area (Å²) in [4.78, 5) is 60.5. The molecule has 16 heteroatoms. The third kappa shape index (κ3) is 11.6. The number of carbonyl (C=O) groups is 4. The molecule has 2 atom stereocenters. The molecule has 1 aliphatic heterocycles. The highest BCUT2D eigenvalue weighted by Gasteiger charge is 2.40. The number of fused-ring (bicyclic) bond motifs is 1. The standard InChI is InChI=1S/C34H36ClN3O4S.C6H8O7/c1-36(34(39)32-22-29(38(40)41)21-26-7-3-4-8-30(26)32)23-27(24-11-13-28(35)14-12-24)17-20-37-18-15-25(16-19-37)31-9-5-6-10-33(31)43(2)42;7-3(8)1-6(13,5(11)12)2-4(9)10/h3-14,21-22,25,27H,15-20,23H2,1-2H3;13H,1-2H2,(H,7,8)(H,9,10)(H,11,12)/t27?,43-;/m0./s1. The van der Waals surface area contributed by atoms with E-state index in [1.165, 1.54) is 17.7 Å². The van der Waals surface area contributed by atoms with E-state index in [2.05, 4.69) is 11.0 Å². The Hall–Kier alpha value is -5.22. The van der Waals surface area contributed by atoms with E-state index in [1.807, 2.05) is 60.7 Å². The van der Waals surface area contributed by atoms with E-state index < -0.39 is 52.1 Å². The quantitative estimate of drug-likeness (QED) is 0.0802. The Balaban J connectivity index is 0.000000460. The highest BCUT2D eigenvalue weighted by Crippen LogP contribution is 2.33. The fourth-order valence-electron chi connectivity index (χ4n) is 6.89. The number of carbonyl (C=O) groups excluding carboxylic acids is 1. The number of carboxylic acid groups (broad SMARTS) is 3. The molecule has 1 unspecified atom stereocenters. The Labute approximate surface area is 330 Å². The van der Waals surface area contributed by atoms with Crippen LogP contribution in [0.3, 0.4) is 0 Å². The second-order valence-corrected chi connectivity index (χ2v) is 15.6. The second kappa shape index (κ2) is 19.6. The first-order valence-corrected chi connectivity index (χ1v) is 19.6. The molecule has 0 aliphatic carbocycles. The highest BCUT2D eigenvalue weighted by atomic mass is 35.5. The van der Waals surface area contributed by atoms with Gasteiger partial charge in [-0.2, -0.15) is 0 Å². The third-order valence-electron chi connectivity index (χ3n) is 9.81. The number of non-ortho nitro benzene ring substituents is 1. The lowest BCUT2D eigenvalue weighted by Gasteiger charge is -2.34. The van der Waals surface area contributed by atoms with Crippen molar-refractivity contribution in [2.75, 3.05) is 39.5 Å². The highest BCUT2D eigenvalue weighted by molar-refractivity contribution is 7.84. The van der Waals surface area contributed by atoms with Crippen molar-refractivity contribution in [3.05, 3.63) is 117 Å². The number of likely N-dealkylation sites (tertiary alicyclic amines) is 1. The van der Waals surface area contributed by atoms with Crippen molar-refractivity contribution in [3.63, 3.8) is 0 Å². The number of nitro groups is 1. The first kappa shape index (κ1) is 43.5. The molecule has 1 fully saturated rings. The van der Waals surface area contributed by atoms with Crippen molar-refractivity contribution in [1.82, 2.24) is 9.80 Å². The van der Waals surface area contributed by atoms with E-state index >= 15 is 0 Å². The molecule has 0 radical (unpaired) electrons. The Morgan fingerprint density at radius 3 is 2.11 bits per heavy atom. The van der Waals surface area contributed by atoms with Crippen molar-refractivity contribution in [2.45, 2.75) is 54.4 Å². The van der Waals surface area contributed by atoms with Gasteiger partial charge in [-0.25, -0.2) is 4.79 Å². The van der Waals surface area contributed by atoms with Crippen molar-refractivity contribution in [1.29, 1.82) is 0 Å². The summed E-state index contributed by atoms with van der Waals surface area (Å²) < 4.78 is 12.3. The van der Waals surface area contributed by atoms with Crippen molar-refractivity contribution in [3.8, 4) is 0 Å². The predicted octanol–water partition coefficient (Wildman–Crippen LogP) is 6.02. The van der Waals surface area contributed by atoms with Crippen LogP contribution >= 0.6 is 11.6 Å². The Kier molecular flexibility index (Phi) is 15.2. The maximum Gasteiger partial charge on any atom is 0.336 e. The molecule has 1 aliphatic rings. The SMILES string of the molecule is CN(CC(CCN1CCC(c2ccccc2[S@](C)=O)CC1)c1ccc(Cl)cc1)C(=O)c1cc([N+](=O)[O-])cc2ccccc12.O=C(O)CC(O)(CC(=O)O)C(=O)O. The number of carboxylic acids is 3. The van der Waals surface area contributed by atoms with E-state index in [1.54, 1.807) is 24.3 Å². The average molecular weight is 810 g/mol. The van der Waals surface area contributed by atoms with Gasteiger partial charge < -0.3 is 30.2 Å². The van der Waals surface area contributed by atoms with Gasteiger partial charge in [0, 0.05) is 47.8 Å². The minimum Gasteiger partial charge on any atom is -0.481 e. The van der Waals surface area contributed by atoms with Crippen LogP contribution in [0.15, 0.2) is 89.8 Å². The molecule has 5 rings (SSSR count). The van der Waals surface area contributed by atoms with Crippen LogP contribution < -0.4 is 0 Å². The molecule has 1 heterocycles. The third-order valence-corrected chi connectivity index (χ3v) is 11.0. The molecular weight excluding hydrogens is 766 g/mol. The van der Waals surface area contributed by atoms with Crippen LogP contribution in [-0.4, -0.2) is 108 Å². The lowest BCUT2D eigenvalue weighted by atomic mass is 9.88. The number of piperidine rings is 1. The van der Waals surface area contributed by atoms with E-state index in [4.69, 9.17) is 32.0 Å². The molecule has 298 valence electrons. The summed E-state index contributed by atoms with van der Waals surface area (Å²) >= 11 is 6.20. The number of hydrogen-bond donors (Lipinski definition) is 4. The fourth-order valence-corrected chi connectivity index (χ4v) is 7.86. The summed E-state index contributed by atoms with van der Waals surface area (Å²) in [6.45, 7) is 3.25. The monoisotopic (exact) mass is 809 g/mol. The largest absolute Gasteiger partial charge is 0.481 e. The zero-order valence-electron chi connectivity index (χ0n) is 30.9. The number of hydrogen-bond acceptors (Lipinski definition) is 9. The van der Waals surface area contributed by atoms with Crippen LogP contribution in [0.4, 0.5) is 5.69 Å². The number of rotatable bonds is 15. The smallest absolute Gasteiger partial charge is 0.336 e. The lowest BCUT2D eigenvalue weighted by Crippen LogP contribution is -2.42. The average Bonchev–Trinajstić information content (AvgIpc) is 3.15. The minimum atomic E-state index is -2.74. The number of aliphatic carboxylic acids is 3. The summed E-state index contributed by atoms with van der Waals surface area (Å²) in [5.74, 6) is -4.81. The molecule has 0 saturated carbocycles. The van der Waals surface area contributed by atoms with Gasteiger partial charge in [-0.05, 0) is 84.9 Å². The fraction of sp³-hybridized carbons (Fsp3) is 0.350.